The van der Waals surface area contributed by atoms with Crippen LogP contribution in [0.5, 0.6) is 0 Å². The number of hydrogen-bond acceptors (Lipinski definition) is 6. The molecule has 7 nitrogen and oxygen atoms in total. The van der Waals surface area contributed by atoms with Gasteiger partial charge in [0.05, 0.1) is 11.4 Å². The van der Waals surface area contributed by atoms with Gasteiger partial charge in [-0.15, -0.1) is 5.10 Å². The van der Waals surface area contributed by atoms with Gasteiger partial charge in [0.15, 0.2) is 0 Å². The number of aliphatic imine (C=N–C) groups is 1. The molecule has 2 heterocycles. The first kappa shape index (κ1) is 15.1. The normalized spacial score (nSPS) is 16.4. The average Bonchev–Trinajstić information content (AvgIpc) is 2.98. The topological polar surface area (TPSA) is 92.4 Å². The van der Waals surface area contributed by atoms with Crippen LogP contribution in [0.25, 0.3) is 0 Å². The predicted octanol–water partition coefficient (Wildman–Crippen LogP) is 2.61. The number of carbonyl (C=O) groups is 1. The van der Waals surface area contributed by atoms with E-state index < -0.39 is 6.17 Å². The van der Waals surface area contributed by atoms with Gasteiger partial charge in [-0.05, 0) is 6.07 Å². The van der Waals surface area contributed by atoms with E-state index in [0.717, 1.165) is 11.1 Å². The third-order valence-corrected chi connectivity index (χ3v) is 3.78. The molecule has 1 aliphatic heterocycles. The Hall–Kier alpha value is -3.48. The molecular formula is C18H15N5O2. The Morgan fingerprint density at radius 1 is 1.04 bits per heavy atom. The molecule has 4 rings (SSSR count). The number of hydrogen-bond donors (Lipinski definition) is 2. The highest BCUT2D eigenvalue weighted by Crippen LogP contribution is 2.24. The van der Waals surface area contributed by atoms with Crippen LogP contribution < -0.4 is 10.6 Å². The number of anilines is 2. The number of nitrogens with one attached hydrogen (secondary N) is 2. The van der Waals surface area contributed by atoms with Gasteiger partial charge in [-0.1, -0.05) is 53.6 Å². The van der Waals surface area contributed by atoms with Crippen molar-refractivity contribution in [2.75, 3.05) is 10.6 Å². The number of amides is 1. The highest BCUT2D eigenvalue weighted by Gasteiger charge is 2.26. The van der Waals surface area contributed by atoms with Gasteiger partial charge in [0.2, 0.25) is 12.1 Å². The third kappa shape index (κ3) is 2.99. The lowest BCUT2D eigenvalue weighted by molar-refractivity contribution is -0.116. The second-order valence-electron chi connectivity index (χ2n) is 5.55. The van der Waals surface area contributed by atoms with E-state index in [1.807, 2.05) is 54.6 Å². The van der Waals surface area contributed by atoms with Gasteiger partial charge in [0.25, 0.3) is 5.91 Å². The third-order valence-electron chi connectivity index (χ3n) is 3.78. The summed E-state index contributed by atoms with van der Waals surface area (Å²) in [5.41, 5.74) is 3.19. The van der Waals surface area contributed by atoms with Crippen molar-refractivity contribution in [1.82, 2.24) is 10.2 Å². The van der Waals surface area contributed by atoms with Crippen LogP contribution >= 0.6 is 0 Å². The molecule has 25 heavy (non-hydrogen) atoms. The first-order chi connectivity index (χ1) is 12.2. The molecule has 3 aromatic rings. The van der Waals surface area contributed by atoms with E-state index in [2.05, 4.69) is 25.8 Å². The van der Waals surface area contributed by atoms with Gasteiger partial charge in [0.1, 0.15) is 0 Å². The average molecular weight is 333 g/mol. The molecule has 1 aromatic heterocycles. The summed E-state index contributed by atoms with van der Waals surface area (Å²) in [5, 5.41) is 13.4. The largest absolute Gasteiger partial charge is 0.408 e. The molecule has 0 fully saturated rings. The predicted molar refractivity (Wildman–Crippen MR) is 93.6 cm³/mol. The number of carbonyl (C=O) groups excluding carboxylic acids is 1. The van der Waals surface area contributed by atoms with E-state index in [-0.39, 0.29) is 11.9 Å². The first-order valence-electron chi connectivity index (χ1n) is 7.81. The maximum absolute atomic E-state index is 12.6. The maximum Gasteiger partial charge on any atom is 0.317 e. The Morgan fingerprint density at radius 3 is 2.56 bits per heavy atom. The summed E-state index contributed by atoms with van der Waals surface area (Å²) in [4.78, 5) is 17.2. The summed E-state index contributed by atoms with van der Waals surface area (Å²) >= 11 is 0. The summed E-state index contributed by atoms with van der Waals surface area (Å²) in [6.45, 7) is 1.68. The highest BCUT2D eigenvalue weighted by molar-refractivity contribution is 6.19. The van der Waals surface area contributed by atoms with Crippen molar-refractivity contribution >= 4 is 23.3 Å². The number of nitrogens with zero attached hydrogens (tertiary/aromatic N) is 3. The van der Waals surface area contributed by atoms with E-state index in [1.165, 1.54) is 0 Å². The van der Waals surface area contributed by atoms with Gasteiger partial charge < -0.3 is 15.1 Å². The number of benzodiazepines with no additional fused rings is 1. The highest BCUT2D eigenvalue weighted by atomic mass is 16.4. The van der Waals surface area contributed by atoms with Crippen LogP contribution in [0.3, 0.4) is 0 Å². The monoisotopic (exact) mass is 333 g/mol. The van der Waals surface area contributed by atoms with Gasteiger partial charge in [0, 0.05) is 18.1 Å². The van der Waals surface area contributed by atoms with Gasteiger partial charge in [-0.25, -0.2) is 4.99 Å². The molecule has 0 bridgehead atoms. The van der Waals surface area contributed by atoms with Crippen LogP contribution in [-0.2, 0) is 4.79 Å². The maximum atomic E-state index is 12.6. The lowest BCUT2D eigenvalue weighted by Gasteiger charge is -2.11. The number of fused-ring (bicyclic) bond motifs is 1. The molecule has 0 saturated carbocycles. The van der Waals surface area contributed by atoms with Crippen LogP contribution in [0.15, 0.2) is 64.0 Å². The Labute approximate surface area is 143 Å². The molecule has 124 valence electrons. The molecule has 1 unspecified atom stereocenters. The standard InChI is InChI=1S/C18H15N5O2/c1-11-22-23-18(25-11)21-16-17(24)19-14-10-6-5-9-13(14)15(20-16)12-7-3-2-4-8-12/h2-10,16H,1H3,(H,19,24)(H,21,23). The second kappa shape index (κ2) is 6.20. The molecular weight excluding hydrogens is 318 g/mol. The fourth-order valence-electron chi connectivity index (χ4n) is 2.65. The van der Waals surface area contributed by atoms with Crippen LogP contribution in [-0.4, -0.2) is 28.0 Å². The van der Waals surface area contributed by atoms with Crippen molar-refractivity contribution < 1.29 is 9.21 Å². The van der Waals surface area contributed by atoms with Crippen molar-refractivity contribution in [3.05, 3.63) is 71.6 Å². The SMILES string of the molecule is Cc1nnc(NC2N=C(c3ccccc3)c3ccccc3NC2=O)o1. The summed E-state index contributed by atoms with van der Waals surface area (Å²) in [5.74, 6) is 0.112. The minimum Gasteiger partial charge on any atom is -0.408 e. The fraction of sp³-hybridized carbons (Fsp3) is 0.111. The summed E-state index contributed by atoms with van der Waals surface area (Å²) < 4.78 is 5.31. The molecule has 7 heteroatoms. The van der Waals surface area contributed by atoms with E-state index >= 15 is 0 Å². The molecule has 0 aliphatic carbocycles. The van der Waals surface area contributed by atoms with Gasteiger partial charge >= 0.3 is 6.01 Å². The number of para-hydroxylation sites is 1. The molecule has 1 atom stereocenters. The number of aromatic nitrogens is 2. The first-order valence-corrected chi connectivity index (χ1v) is 7.81. The lowest BCUT2D eigenvalue weighted by Crippen LogP contribution is -2.32. The van der Waals surface area contributed by atoms with Crippen molar-refractivity contribution in [2.45, 2.75) is 13.1 Å². The molecule has 1 amide bonds. The van der Waals surface area contributed by atoms with Crippen LogP contribution in [0.1, 0.15) is 17.0 Å². The van der Waals surface area contributed by atoms with Gasteiger partial charge in [-0.2, -0.15) is 0 Å². The van der Waals surface area contributed by atoms with Crippen LogP contribution in [0.4, 0.5) is 11.7 Å². The lowest BCUT2D eigenvalue weighted by atomic mass is 10.0. The zero-order valence-electron chi connectivity index (χ0n) is 13.4. The van der Waals surface area contributed by atoms with E-state index in [1.54, 1.807) is 6.92 Å². The Bertz CT molecular complexity index is 949. The Kier molecular flexibility index (Phi) is 3.74. The minimum atomic E-state index is -0.887. The van der Waals surface area contributed by atoms with E-state index in [4.69, 9.17) is 4.42 Å². The Morgan fingerprint density at radius 2 is 1.80 bits per heavy atom. The summed E-state index contributed by atoms with van der Waals surface area (Å²) in [7, 11) is 0. The van der Waals surface area contributed by atoms with Crippen LogP contribution in [0.2, 0.25) is 0 Å². The molecule has 2 N–H and O–H groups in total. The van der Waals surface area contributed by atoms with Crippen molar-refractivity contribution in [3.8, 4) is 0 Å². The quantitative estimate of drug-likeness (QED) is 0.768. The number of benzene rings is 2. The van der Waals surface area contributed by atoms with E-state index in [9.17, 15) is 4.79 Å². The zero-order valence-corrected chi connectivity index (χ0v) is 13.4. The Balaban J connectivity index is 1.80. The summed E-state index contributed by atoms with van der Waals surface area (Å²) in [6, 6.07) is 17.4. The number of rotatable bonds is 3. The number of aryl methyl sites for hydroxylation is 1. The molecule has 0 spiro atoms. The fourth-order valence-corrected chi connectivity index (χ4v) is 2.65. The molecule has 0 radical (unpaired) electrons. The zero-order chi connectivity index (χ0) is 17.2. The smallest absolute Gasteiger partial charge is 0.317 e. The van der Waals surface area contributed by atoms with Gasteiger partial charge in [-0.3, -0.25) is 4.79 Å². The second-order valence-corrected chi connectivity index (χ2v) is 5.55. The van der Waals surface area contributed by atoms with Crippen molar-refractivity contribution in [1.29, 1.82) is 0 Å². The van der Waals surface area contributed by atoms with Crippen molar-refractivity contribution in [3.63, 3.8) is 0 Å². The summed E-state index contributed by atoms with van der Waals surface area (Å²) in [6.07, 6.45) is -0.887. The molecule has 1 aliphatic rings. The molecule has 0 saturated heterocycles. The van der Waals surface area contributed by atoms with Crippen LogP contribution in [0, 0.1) is 6.92 Å². The minimum absolute atomic E-state index is 0.153. The van der Waals surface area contributed by atoms with E-state index in [0.29, 0.717) is 17.3 Å². The molecule has 2 aromatic carbocycles. The van der Waals surface area contributed by atoms with Crippen molar-refractivity contribution in [2.24, 2.45) is 4.99 Å².